The first-order valence-corrected chi connectivity index (χ1v) is 13.0. The van der Waals surface area contributed by atoms with Crippen molar-refractivity contribution in [3.63, 3.8) is 0 Å². The lowest BCUT2D eigenvalue weighted by molar-refractivity contribution is -0.137. The van der Waals surface area contributed by atoms with E-state index >= 15 is 0 Å². The third-order valence-corrected chi connectivity index (χ3v) is 7.28. The van der Waals surface area contributed by atoms with E-state index in [0.717, 1.165) is 23.4 Å². The van der Waals surface area contributed by atoms with E-state index in [1.807, 2.05) is 44.2 Å². The largest absolute Gasteiger partial charge is 0.416 e. The number of alkyl halides is 3. The van der Waals surface area contributed by atoms with Gasteiger partial charge in [0.2, 0.25) is 5.91 Å². The van der Waals surface area contributed by atoms with Crippen molar-refractivity contribution in [3.05, 3.63) is 113 Å². The van der Waals surface area contributed by atoms with E-state index in [2.05, 4.69) is 0 Å². The summed E-state index contributed by atoms with van der Waals surface area (Å²) in [7, 11) is 0. The number of carbonyl (C=O) groups is 2. The second-order valence-corrected chi connectivity index (χ2v) is 9.91. The molecule has 0 N–H and O–H groups in total. The zero-order valence-electron chi connectivity index (χ0n) is 23.0. The van der Waals surface area contributed by atoms with Gasteiger partial charge >= 0.3 is 6.18 Å². The van der Waals surface area contributed by atoms with Crippen molar-refractivity contribution in [1.82, 2.24) is 9.78 Å². The molecule has 2 atom stereocenters. The molecule has 0 fully saturated rings. The summed E-state index contributed by atoms with van der Waals surface area (Å²) in [6, 6.07) is 19.8. The summed E-state index contributed by atoms with van der Waals surface area (Å²) in [5.74, 6) is -1.95. The predicted molar refractivity (Wildman–Crippen MR) is 164 cm³/mol. The molecule has 1 aliphatic rings. The molecule has 0 saturated carbocycles. The van der Waals surface area contributed by atoms with E-state index < -0.39 is 29.4 Å². The molecule has 5 rings (SSSR count). The molecule has 1 aromatic heterocycles. The van der Waals surface area contributed by atoms with Crippen molar-refractivity contribution in [2.75, 3.05) is 11.4 Å². The van der Waals surface area contributed by atoms with Gasteiger partial charge in [-0.05, 0) is 55.3 Å². The number of nitrogens with zero attached hydrogens (tertiary/aromatic N) is 3. The third kappa shape index (κ3) is 6.42. The molecule has 3 aromatic carbocycles. The van der Waals surface area contributed by atoms with Gasteiger partial charge in [-0.2, -0.15) is 45.3 Å². The number of ketones is 1. The van der Waals surface area contributed by atoms with Gasteiger partial charge in [0, 0.05) is 30.9 Å². The van der Waals surface area contributed by atoms with Crippen LogP contribution in [0.15, 0.2) is 78.9 Å². The number of aromatic nitrogens is 2. The summed E-state index contributed by atoms with van der Waals surface area (Å²) in [5, 5.41) is 4.76. The molecule has 0 bridgehead atoms. The first-order chi connectivity index (χ1) is 19.1. The molecule has 222 valence electrons. The Morgan fingerprint density at radius 2 is 1.62 bits per heavy atom. The molecule has 42 heavy (non-hydrogen) atoms. The summed E-state index contributed by atoms with van der Waals surface area (Å²) < 4.78 is 55.2. The van der Waals surface area contributed by atoms with E-state index in [0.29, 0.717) is 23.6 Å². The lowest BCUT2D eigenvalue weighted by Gasteiger charge is -2.38. The van der Waals surface area contributed by atoms with Gasteiger partial charge in [-0.1, -0.05) is 48.5 Å². The summed E-state index contributed by atoms with van der Waals surface area (Å²) in [6.07, 6.45) is -4.96. The van der Waals surface area contributed by atoms with Gasteiger partial charge < -0.3 is 0 Å². The van der Waals surface area contributed by atoms with Crippen LogP contribution in [0.4, 0.5) is 23.4 Å². The number of anilines is 1. The van der Waals surface area contributed by atoms with E-state index in [1.54, 1.807) is 21.7 Å². The second-order valence-electron chi connectivity index (χ2n) is 9.91. The lowest BCUT2D eigenvalue weighted by atomic mass is 9.74. The zero-order valence-corrected chi connectivity index (χ0v) is 25.0. The van der Waals surface area contributed by atoms with E-state index in [1.165, 1.54) is 24.3 Å². The number of benzene rings is 3. The van der Waals surface area contributed by atoms with Crippen molar-refractivity contribution >= 4 is 44.5 Å². The highest BCUT2D eigenvalue weighted by Gasteiger charge is 2.45. The van der Waals surface area contributed by atoms with Gasteiger partial charge in [0.15, 0.2) is 0 Å². The maximum Gasteiger partial charge on any atom is 0.416 e. The number of halogens is 4. The number of fused-ring (bicyclic) bond motifs is 1. The summed E-state index contributed by atoms with van der Waals surface area (Å²) >= 11 is 0. The average Bonchev–Trinajstić information content (AvgIpc) is 3.26. The van der Waals surface area contributed by atoms with Crippen LogP contribution in [0.5, 0.6) is 0 Å². The van der Waals surface area contributed by atoms with Crippen LogP contribution in [0.2, 0.25) is 0 Å². The first-order valence-electron chi connectivity index (χ1n) is 13.0. The Morgan fingerprint density at radius 1 is 0.952 bits per heavy atom. The molecule has 1 aliphatic heterocycles. The molecule has 2 heterocycles. The predicted octanol–water partition coefficient (Wildman–Crippen LogP) is 6.88. The van der Waals surface area contributed by atoms with Crippen LogP contribution in [-0.4, -0.2) is 28.0 Å². The molecule has 0 spiro atoms. The van der Waals surface area contributed by atoms with Crippen molar-refractivity contribution in [3.8, 4) is 5.69 Å². The Hall–Kier alpha value is -3.57. The molecule has 4 aromatic rings. The molecule has 0 aliphatic carbocycles. The van der Waals surface area contributed by atoms with Crippen LogP contribution in [0, 0.1) is 18.7 Å². The minimum absolute atomic E-state index is 0. The van der Waals surface area contributed by atoms with Crippen molar-refractivity contribution < 1.29 is 27.2 Å². The first kappa shape index (κ1) is 32.9. The fraction of sp³-hybridized carbons (Fsp3) is 0.258. The monoisotopic (exact) mass is 617 g/mol. The number of Topliss-reactive ketones (excluding diaryl/α,β-unsaturated/α-hetero) is 1. The summed E-state index contributed by atoms with van der Waals surface area (Å²) in [5.41, 5.74) is 2.22. The number of aryl methyl sites for hydroxylation is 1. The highest BCUT2D eigenvalue weighted by Crippen LogP contribution is 2.47. The Labute approximate surface area is 255 Å². The Kier molecular flexibility index (Phi) is 10.3. The standard InChI is InChI=1S/C31H27F4N3O2.2H2S/c1-3-37-29-27(19(2)36-38(29)24-10-5-4-6-11-24)28(21-12-14-23(32)15-13-21)26(30(37)40)18-25(39)17-20-8-7-9-22(16-20)31(33,34)35;;/h4-16,26,28H,3,17-18H2,1-2H3;2*1H2/t26-,28+;;/m0../s1. The minimum atomic E-state index is -4.53. The number of hydrogen-bond acceptors (Lipinski definition) is 3. The van der Waals surface area contributed by atoms with Crippen LogP contribution in [-0.2, 0) is 22.2 Å². The van der Waals surface area contributed by atoms with Gasteiger partial charge in [-0.15, -0.1) is 0 Å². The Morgan fingerprint density at radius 3 is 2.24 bits per heavy atom. The quantitative estimate of drug-likeness (QED) is 0.213. The van der Waals surface area contributed by atoms with Gasteiger partial charge in [0.25, 0.3) is 0 Å². The van der Waals surface area contributed by atoms with E-state index in [4.69, 9.17) is 5.10 Å². The van der Waals surface area contributed by atoms with Gasteiger partial charge in [-0.25, -0.2) is 9.07 Å². The second kappa shape index (κ2) is 13.2. The molecule has 5 nitrogen and oxygen atoms in total. The van der Waals surface area contributed by atoms with Gasteiger partial charge in [0.1, 0.15) is 17.4 Å². The maximum absolute atomic E-state index is 14.0. The maximum atomic E-state index is 14.0. The average molecular weight is 618 g/mol. The highest BCUT2D eigenvalue weighted by molar-refractivity contribution is 7.59. The van der Waals surface area contributed by atoms with Gasteiger partial charge in [0.05, 0.1) is 22.9 Å². The zero-order chi connectivity index (χ0) is 28.6. The van der Waals surface area contributed by atoms with Crippen molar-refractivity contribution in [2.24, 2.45) is 5.92 Å². The van der Waals surface area contributed by atoms with Crippen LogP contribution in [0.25, 0.3) is 5.69 Å². The third-order valence-electron chi connectivity index (χ3n) is 7.28. The molecular formula is C31H31F4N3O2S2. The topological polar surface area (TPSA) is 55.2 Å². The van der Waals surface area contributed by atoms with Crippen LogP contribution >= 0.6 is 27.0 Å². The molecule has 0 unspecified atom stereocenters. The number of rotatable bonds is 7. The molecule has 1 amide bonds. The number of amides is 1. The van der Waals surface area contributed by atoms with Crippen LogP contribution < -0.4 is 4.90 Å². The van der Waals surface area contributed by atoms with Crippen molar-refractivity contribution in [2.45, 2.75) is 38.8 Å². The highest BCUT2D eigenvalue weighted by atomic mass is 32.1. The smallest absolute Gasteiger partial charge is 0.299 e. The summed E-state index contributed by atoms with van der Waals surface area (Å²) in [6.45, 7) is 3.98. The molecule has 0 radical (unpaired) electrons. The summed E-state index contributed by atoms with van der Waals surface area (Å²) in [4.78, 5) is 29.0. The van der Waals surface area contributed by atoms with Gasteiger partial charge in [-0.3, -0.25) is 14.5 Å². The molecular weight excluding hydrogens is 586 g/mol. The Bertz CT molecular complexity index is 1560. The Balaban J connectivity index is 0.00000242. The fourth-order valence-electron chi connectivity index (χ4n) is 5.53. The van der Waals surface area contributed by atoms with Crippen LogP contribution in [0.1, 0.15) is 47.2 Å². The van der Waals surface area contributed by atoms with E-state index in [-0.39, 0.29) is 57.1 Å². The SMILES string of the molecule is CCN1C(=O)[C@@H](CC(=O)Cc2cccc(C(F)(F)F)c2)[C@@H](c2ccc(F)cc2)c2c(C)nn(-c3ccccc3)c21.S.S. The normalized spacial score (nSPS) is 16.3. The van der Waals surface area contributed by atoms with Crippen molar-refractivity contribution in [1.29, 1.82) is 0 Å². The molecule has 11 heteroatoms. The minimum Gasteiger partial charge on any atom is -0.299 e. The number of para-hydroxylation sites is 1. The lowest BCUT2D eigenvalue weighted by Crippen LogP contribution is -2.45. The molecule has 0 saturated heterocycles. The van der Waals surface area contributed by atoms with E-state index in [9.17, 15) is 27.2 Å². The number of hydrogen-bond donors (Lipinski definition) is 0. The van der Waals surface area contributed by atoms with Crippen LogP contribution in [0.3, 0.4) is 0 Å². The fourth-order valence-corrected chi connectivity index (χ4v) is 5.53. The number of carbonyl (C=O) groups excluding carboxylic acids is 2.